The quantitative estimate of drug-likeness (QED) is 0.242. The molecule has 2 aromatic heterocycles. The molecule has 1 amide bonds. The molecule has 1 aromatic carbocycles. The molecule has 0 atom stereocenters. The maximum Gasteiger partial charge on any atom is 0.264 e. The van der Waals surface area contributed by atoms with Gasteiger partial charge in [0.1, 0.15) is 5.82 Å². The van der Waals surface area contributed by atoms with Gasteiger partial charge in [-0.3, -0.25) is 4.79 Å². The van der Waals surface area contributed by atoms with Crippen molar-refractivity contribution in [3.63, 3.8) is 0 Å². The van der Waals surface area contributed by atoms with Crippen LogP contribution in [0.3, 0.4) is 0 Å². The zero-order valence-electron chi connectivity index (χ0n) is 13.2. The number of benzene rings is 1. The molecule has 0 radical (unpaired) electrons. The van der Waals surface area contributed by atoms with Crippen LogP contribution in [0.25, 0.3) is 0 Å². The number of nitrogens with one attached hydrogen (secondary N) is 2. The van der Waals surface area contributed by atoms with Gasteiger partial charge in [-0.15, -0.1) is 21.5 Å². The number of hydrogen-bond acceptors (Lipinski definition) is 9. The molecule has 0 unspecified atom stereocenters. The van der Waals surface area contributed by atoms with Gasteiger partial charge in [0.05, 0.1) is 12.0 Å². The topological polar surface area (TPSA) is 123 Å². The Morgan fingerprint density at radius 1 is 1.38 bits per heavy atom. The fourth-order valence-electron chi connectivity index (χ4n) is 1.74. The molecule has 3 aromatic rings. The van der Waals surface area contributed by atoms with Crippen LogP contribution in [-0.4, -0.2) is 37.7 Å². The van der Waals surface area contributed by atoms with Crippen LogP contribution >= 0.6 is 23.1 Å². The molecule has 0 fully saturated rings. The first kappa shape index (κ1) is 17.8. The number of thiazole rings is 1. The Morgan fingerprint density at radius 3 is 2.92 bits per heavy atom. The van der Waals surface area contributed by atoms with Crippen LogP contribution in [0, 0.1) is 5.82 Å². The zero-order valence-corrected chi connectivity index (χ0v) is 14.8. The van der Waals surface area contributed by atoms with Gasteiger partial charge in [0.25, 0.3) is 5.95 Å². The maximum atomic E-state index is 12.8. The number of rotatable bonds is 7. The van der Waals surface area contributed by atoms with Gasteiger partial charge in [-0.1, -0.05) is 23.9 Å². The van der Waals surface area contributed by atoms with E-state index in [1.54, 1.807) is 23.7 Å². The Balaban J connectivity index is 1.52. The van der Waals surface area contributed by atoms with Gasteiger partial charge in [-0.2, -0.15) is 5.10 Å². The fourth-order valence-corrected chi connectivity index (χ4v) is 2.94. The molecule has 0 aliphatic rings. The minimum absolute atomic E-state index is 0.105. The van der Waals surface area contributed by atoms with Crippen LogP contribution in [0.4, 0.5) is 15.5 Å². The smallest absolute Gasteiger partial charge is 0.264 e. The Bertz CT molecular complexity index is 894. The standard InChI is InChI=1S/C14H13FN8OS2/c15-10-3-1-9(2-4-10)7-18-20-12-21-22-14(23(12)16)26-8-11(24)19-13-17-5-6-25-13/h1-7H,8,16H2,(H,20,21)(H,17,19,24)/b18-7+. The summed E-state index contributed by atoms with van der Waals surface area (Å²) in [6.45, 7) is 0. The molecule has 9 nitrogen and oxygen atoms in total. The number of nitrogens with zero attached hydrogens (tertiary/aromatic N) is 5. The van der Waals surface area contributed by atoms with Crippen LogP contribution in [0.5, 0.6) is 0 Å². The molecular formula is C14H13FN8OS2. The molecule has 3 rings (SSSR count). The molecule has 0 aliphatic carbocycles. The molecule has 0 bridgehead atoms. The van der Waals surface area contributed by atoms with Gasteiger partial charge in [0, 0.05) is 11.6 Å². The predicted molar refractivity (Wildman–Crippen MR) is 99.3 cm³/mol. The average Bonchev–Trinajstić information content (AvgIpc) is 3.25. The third-order valence-corrected chi connectivity index (χ3v) is 4.56. The van der Waals surface area contributed by atoms with Crippen molar-refractivity contribution >= 4 is 46.3 Å². The lowest BCUT2D eigenvalue weighted by Crippen LogP contribution is -2.16. The van der Waals surface area contributed by atoms with Crippen LogP contribution in [0.2, 0.25) is 0 Å². The van der Waals surface area contributed by atoms with Crippen molar-refractivity contribution in [2.75, 3.05) is 22.3 Å². The van der Waals surface area contributed by atoms with E-state index < -0.39 is 0 Å². The summed E-state index contributed by atoms with van der Waals surface area (Å²) in [7, 11) is 0. The summed E-state index contributed by atoms with van der Waals surface area (Å²) >= 11 is 2.46. The monoisotopic (exact) mass is 392 g/mol. The first-order valence-corrected chi connectivity index (χ1v) is 9.05. The minimum atomic E-state index is -0.322. The minimum Gasteiger partial charge on any atom is -0.334 e. The molecule has 4 N–H and O–H groups in total. The maximum absolute atomic E-state index is 12.8. The van der Waals surface area contributed by atoms with Gasteiger partial charge in [-0.05, 0) is 17.7 Å². The lowest BCUT2D eigenvalue weighted by Gasteiger charge is -2.03. The number of carbonyl (C=O) groups excluding carboxylic acids is 1. The Hall–Kier alpha value is -2.99. The SMILES string of the molecule is Nn1c(N/N=C/c2ccc(F)cc2)nnc1SCC(=O)Nc1nccs1. The van der Waals surface area contributed by atoms with Crippen LogP contribution in [-0.2, 0) is 4.79 Å². The van der Waals surface area contributed by atoms with Crippen molar-refractivity contribution in [3.8, 4) is 0 Å². The number of halogens is 1. The van der Waals surface area contributed by atoms with Crippen molar-refractivity contribution in [2.45, 2.75) is 5.16 Å². The van der Waals surface area contributed by atoms with Crippen LogP contribution in [0.15, 0.2) is 46.1 Å². The van der Waals surface area contributed by atoms with E-state index >= 15 is 0 Å². The molecule has 0 saturated heterocycles. The first-order chi connectivity index (χ1) is 12.6. The molecule has 0 spiro atoms. The van der Waals surface area contributed by atoms with Crippen molar-refractivity contribution in [1.82, 2.24) is 19.9 Å². The summed E-state index contributed by atoms with van der Waals surface area (Å²) in [4.78, 5) is 15.8. The predicted octanol–water partition coefficient (Wildman–Crippen LogP) is 1.76. The number of hydrazone groups is 1. The average molecular weight is 392 g/mol. The molecule has 134 valence electrons. The summed E-state index contributed by atoms with van der Waals surface area (Å²) in [6, 6.07) is 5.82. The number of anilines is 2. The lowest BCUT2D eigenvalue weighted by molar-refractivity contribution is -0.113. The summed E-state index contributed by atoms with van der Waals surface area (Å²) in [5.41, 5.74) is 3.34. The van der Waals surface area contributed by atoms with E-state index in [4.69, 9.17) is 5.84 Å². The number of nitrogens with two attached hydrogens (primary N) is 1. The number of nitrogen functional groups attached to an aromatic ring is 1. The lowest BCUT2D eigenvalue weighted by atomic mass is 10.2. The second-order valence-corrected chi connectivity index (χ2v) is 6.61. The Kier molecular flexibility index (Phi) is 5.76. The van der Waals surface area contributed by atoms with Gasteiger partial charge >= 0.3 is 0 Å². The second-order valence-electron chi connectivity index (χ2n) is 4.77. The van der Waals surface area contributed by atoms with Gasteiger partial charge in [0.15, 0.2) is 5.13 Å². The van der Waals surface area contributed by atoms with E-state index in [2.05, 4.69) is 31.0 Å². The number of carbonyl (C=O) groups is 1. The first-order valence-electron chi connectivity index (χ1n) is 7.19. The highest BCUT2D eigenvalue weighted by atomic mass is 32.2. The van der Waals surface area contributed by atoms with Gasteiger partial charge in [-0.25, -0.2) is 19.5 Å². The van der Waals surface area contributed by atoms with E-state index in [-0.39, 0.29) is 23.4 Å². The van der Waals surface area contributed by atoms with E-state index in [1.165, 1.54) is 34.4 Å². The summed E-state index contributed by atoms with van der Waals surface area (Å²) in [5.74, 6) is 5.63. The van der Waals surface area contributed by atoms with Crippen molar-refractivity contribution in [3.05, 3.63) is 47.2 Å². The summed E-state index contributed by atoms with van der Waals surface area (Å²) < 4.78 is 14.0. The molecule has 12 heteroatoms. The number of aromatic nitrogens is 4. The Morgan fingerprint density at radius 2 is 2.19 bits per heavy atom. The molecule has 0 saturated carbocycles. The zero-order chi connectivity index (χ0) is 18.4. The number of hydrogen-bond donors (Lipinski definition) is 3. The molecule has 2 heterocycles. The van der Waals surface area contributed by atoms with Crippen molar-refractivity contribution < 1.29 is 9.18 Å². The van der Waals surface area contributed by atoms with Crippen molar-refractivity contribution in [2.24, 2.45) is 5.10 Å². The second kappa shape index (κ2) is 8.40. The van der Waals surface area contributed by atoms with Crippen molar-refractivity contribution in [1.29, 1.82) is 0 Å². The highest BCUT2D eigenvalue weighted by molar-refractivity contribution is 7.99. The fraction of sp³-hybridized carbons (Fsp3) is 0.0714. The molecular weight excluding hydrogens is 379 g/mol. The van der Waals surface area contributed by atoms with Gasteiger partial charge < -0.3 is 11.2 Å². The third-order valence-electron chi connectivity index (χ3n) is 2.92. The van der Waals surface area contributed by atoms with Crippen LogP contribution < -0.4 is 16.6 Å². The highest BCUT2D eigenvalue weighted by Gasteiger charge is 2.12. The highest BCUT2D eigenvalue weighted by Crippen LogP contribution is 2.17. The normalized spacial score (nSPS) is 11.0. The van der Waals surface area contributed by atoms with E-state index in [0.29, 0.717) is 15.9 Å². The van der Waals surface area contributed by atoms with Gasteiger partial charge in [0.2, 0.25) is 11.1 Å². The van der Waals surface area contributed by atoms with E-state index in [1.807, 2.05) is 0 Å². The summed E-state index contributed by atoms with van der Waals surface area (Å²) in [5, 5.41) is 17.0. The summed E-state index contributed by atoms with van der Waals surface area (Å²) in [6.07, 6.45) is 3.09. The van der Waals surface area contributed by atoms with E-state index in [9.17, 15) is 9.18 Å². The largest absolute Gasteiger partial charge is 0.334 e. The number of amides is 1. The number of thioether (sulfide) groups is 1. The molecule has 0 aliphatic heterocycles. The molecule has 26 heavy (non-hydrogen) atoms. The van der Waals surface area contributed by atoms with E-state index in [0.717, 1.165) is 11.8 Å². The third kappa shape index (κ3) is 4.77. The van der Waals surface area contributed by atoms with Crippen LogP contribution in [0.1, 0.15) is 5.56 Å². The Labute approximate surface area is 155 Å².